The van der Waals surface area contributed by atoms with E-state index in [9.17, 15) is 4.39 Å². The van der Waals surface area contributed by atoms with Crippen LogP contribution < -0.4 is 5.32 Å². The number of aromatic nitrogens is 2. The molecule has 0 spiro atoms. The first kappa shape index (κ1) is 16.4. The molecule has 0 saturated carbocycles. The van der Waals surface area contributed by atoms with Gasteiger partial charge >= 0.3 is 0 Å². The van der Waals surface area contributed by atoms with Crippen molar-refractivity contribution >= 4 is 40.0 Å². The number of nitrogens with one attached hydrogen (secondary N) is 1. The topological polar surface area (TPSA) is 37.8 Å². The lowest BCUT2D eigenvalue weighted by atomic mass is 10.1. The molecule has 0 atom stereocenters. The molecule has 0 unspecified atom stereocenters. The van der Waals surface area contributed by atoms with Crippen molar-refractivity contribution < 1.29 is 4.39 Å². The van der Waals surface area contributed by atoms with E-state index >= 15 is 0 Å². The number of halogens is 3. The number of nitrogens with zero attached hydrogens (tertiary/aromatic N) is 2. The minimum absolute atomic E-state index is 0.337. The molecule has 0 aliphatic carbocycles. The molecular weight excluding hydrogens is 404 g/mol. The van der Waals surface area contributed by atoms with Crippen LogP contribution in [-0.2, 0) is 6.42 Å². The maximum atomic E-state index is 13.5. The van der Waals surface area contributed by atoms with E-state index < -0.39 is 5.82 Å². The summed E-state index contributed by atoms with van der Waals surface area (Å²) < 4.78 is 14.5. The molecule has 1 aromatic carbocycles. The number of anilines is 1. The molecule has 0 aliphatic heterocycles. The smallest absolute Gasteiger partial charge is 0.161 e. The van der Waals surface area contributed by atoms with Crippen LogP contribution in [0.25, 0.3) is 11.4 Å². The van der Waals surface area contributed by atoms with E-state index in [-0.39, 0.29) is 0 Å². The molecular formula is C15H16ClFIN3. The van der Waals surface area contributed by atoms with Crippen molar-refractivity contribution in [3.8, 4) is 11.4 Å². The summed E-state index contributed by atoms with van der Waals surface area (Å²) in [5.74, 6) is 1.31. The summed E-state index contributed by atoms with van der Waals surface area (Å²) >= 11 is 8.15. The monoisotopic (exact) mass is 419 g/mol. The zero-order valence-corrected chi connectivity index (χ0v) is 15.0. The van der Waals surface area contributed by atoms with E-state index in [0.29, 0.717) is 22.3 Å². The zero-order chi connectivity index (χ0) is 15.6. The Hall–Kier alpha value is -0.950. The van der Waals surface area contributed by atoms with Gasteiger partial charge in [-0.3, -0.25) is 0 Å². The Bertz CT molecular complexity index is 641. The van der Waals surface area contributed by atoms with Gasteiger partial charge in [-0.25, -0.2) is 14.4 Å². The van der Waals surface area contributed by atoms with Crippen LogP contribution in [0.3, 0.4) is 0 Å². The van der Waals surface area contributed by atoms with E-state index in [1.54, 1.807) is 6.07 Å². The fraction of sp³-hybridized carbons (Fsp3) is 0.333. The lowest BCUT2D eigenvalue weighted by Crippen LogP contribution is -2.08. The minimum Gasteiger partial charge on any atom is -0.372 e. The maximum absolute atomic E-state index is 13.5. The van der Waals surface area contributed by atoms with Crippen molar-refractivity contribution in [1.82, 2.24) is 9.97 Å². The van der Waals surface area contributed by atoms with Crippen LogP contribution in [0.4, 0.5) is 10.2 Å². The summed E-state index contributed by atoms with van der Waals surface area (Å²) in [6, 6.07) is 4.34. The van der Waals surface area contributed by atoms with E-state index in [4.69, 9.17) is 11.6 Å². The van der Waals surface area contributed by atoms with E-state index in [1.807, 2.05) is 7.05 Å². The molecule has 21 heavy (non-hydrogen) atoms. The molecule has 0 bridgehead atoms. The van der Waals surface area contributed by atoms with E-state index in [2.05, 4.69) is 51.7 Å². The molecule has 0 amide bonds. The molecule has 1 N–H and O–H groups in total. The van der Waals surface area contributed by atoms with Gasteiger partial charge in [0, 0.05) is 17.6 Å². The summed E-state index contributed by atoms with van der Waals surface area (Å²) in [6.07, 6.45) is 0.839. The second-order valence-electron chi connectivity index (χ2n) is 5.16. The number of benzene rings is 1. The summed E-state index contributed by atoms with van der Waals surface area (Å²) in [4.78, 5) is 9.05. The lowest BCUT2D eigenvalue weighted by Gasteiger charge is -2.13. The summed E-state index contributed by atoms with van der Waals surface area (Å²) in [5.41, 5.74) is 1.54. The van der Waals surface area contributed by atoms with Crippen LogP contribution in [0.2, 0.25) is 5.02 Å². The molecule has 0 saturated heterocycles. The molecule has 2 rings (SSSR count). The van der Waals surface area contributed by atoms with Gasteiger partial charge in [-0.15, -0.1) is 0 Å². The van der Waals surface area contributed by atoms with Crippen LogP contribution in [-0.4, -0.2) is 17.0 Å². The Morgan fingerprint density at radius 1 is 1.29 bits per heavy atom. The van der Waals surface area contributed by atoms with Crippen LogP contribution in [0, 0.1) is 15.3 Å². The Balaban J connectivity index is 2.57. The van der Waals surface area contributed by atoms with Gasteiger partial charge in [-0.05, 0) is 53.1 Å². The number of hydrogen-bond acceptors (Lipinski definition) is 3. The Kier molecular flexibility index (Phi) is 5.37. The second-order valence-corrected chi connectivity index (χ2v) is 6.68. The normalized spacial score (nSPS) is 11.0. The van der Waals surface area contributed by atoms with Gasteiger partial charge in [0.15, 0.2) is 5.82 Å². The Labute approximate surface area is 142 Å². The molecule has 112 valence electrons. The summed E-state index contributed by atoms with van der Waals surface area (Å²) in [5, 5.41) is 3.40. The molecule has 0 aliphatic rings. The summed E-state index contributed by atoms with van der Waals surface area (Å²) in [7, 11) is 1.81. The first-order valence-electron chi connectivity index (χ1n) is 6.61. The predicted octanol–water partition coefficient (Wildman–Crippen LogP) is 4.78. The van der Waals surface area contributed by atoms with Crippen molar-refractivity contribution in [2.75, 3.05) is 12.4 Å². The molecule has 1 aromatic heterocycles. The maximum Gasteiger partial charge on any atom is 0.161 e. The Morgan fingerprint density at radius 2 is 2.00 bits per heavy atom. The van der Waals surface area contributed by atoms with Crippen molar-refractivity contribution in [2.24, 2.45) is 5.92 Å². The molecule has 1 heterocycles. The molecule has 3 nitrogen and oxygen atoms in total. The highest BCUT2D eigenvalue weighted by atomic mass is 127. The number of hydrogen-bond donors (Lipinski definition) is 1. The van der Waals surface area contributed by atoms with E-state index in [1.165, 1.54) is 12.1 Å². The van der Waals surface area contributed by atoms with Crippen LogP contribution >= 0.6 is 34.2 Å². The second kappa shape index (κ2) is 6.87. The first-order chi connectivity index (χ1) is 9.90. The standard InChI is InChI=1S/C15H16ClFIN3/c1-8(2)4-12-13(18)15(19-3)21-14(20-12)9-5-10(16)7-11(17)6-9/h5-8H,4H2,1-3H3,(H,19,20,21). The fourth-order valence-electron chi connectivity index (χ4n) is 1.99. The van der Waals surface area contributed by atoms with Gasteiger partial charge in [0.1, 0.15) is 11.6 Å². The minimum atomic E-state index is -0.393. The fourth-order valence-corrected chi connectivity index (χ4v) is 2.95. The molecule has 0 fully saturated rings. The number of rotatable bonds is 4. The summed E-state index contributed by atoms with van der Waals surface area (Å²) in [6.45, 7) is 4.27. The third kappa shape index (κ3) is 4.03. The molecule has 6 heteroatoms. The predicted molar refractivity (Wildman–Crippen MR) is 93.2 cm³/mol. The van der Waals surface area contributed by atoms with Gasteiger partial charge in [0.05, 0.1) is 9.26 Å². The van der Waals surface area contributed by atoms with Crippen molar-refractivity contribution in [3.05, 3.63) is 38.3 Å². The average molecular weight is 420 g/mol. The van der Waals surface area contributed by atoms with E-state index in [0.717, 1.165) is 21.5 Å². The quantitative estimate of drug-likeness (QED) is 0.725. The molecule has 0 radical (unpaired) electrons. The van der Waals surface area contributed by atoms with Crippen LogP contribution in [0.5, 0.6) is 0 Å². The molecule has 2 aromatic rings. The third-order valence-corrected chi connectivity index (χ3v) is 4.23. The van der Waals surface area contributed by atoms with Crippen molar-refractivity contribution in [2.45, 2.75) is 20.3 Å². The first-order valence-corrected chi connectivity index (χ1v) is 8.07. The SMILES string of the molecule is CNc1nc(-c2cc(F)cc(Cl)c2)nc(CC(C)C)c1I. The van der Waals surface area contributed by atoms with Gasteiger partial charge in [0.25, 0.3) is 0 Å². The largest absolute Gasteiger partial charge is 0.372 e. The van der Waals surface area contributed by atoms with Gasteiger partial charge < -0.3 is 5.32 Å². The average Bonchev–Trinajstić information content (AvgIpc) is 2.39. The zero-order valence-electron chi connectivity index (χ0n) is 12.0. The van der Waals surface area contributed by atoms with Crippen molar-refractivity contribution in [1.29, 1.82) is 0 Å². The van der Waals surface area contributed by atoms with Crippen LogP contribution in [0.15, 0.2) is 18.2 Å². The highest BCUT2D eigenvalue weighted by molar-refractivity contribution is 14.1. The Morgan fingerprint density at radius 3 is 2.57 bits per heavy atom. The van der Waals surface area contributed by atoms with Gasteiger partial charge in [-0.1, -0.05) is 25.4 Å². The van der Waals surface area contributed by atoms with Crippen molar-refractivity contribution in [3.63, 3.8) is 0 Å². The van der Waals surface area contributed by atoms with Gasteiger partial charge in [-0.2, -0.15) is 0 Å². The third-order valence-electron chi connectivity index (χ3n) is 2.88. The highest BCUT2D eigenvalue weighted by Gasteiger charge is 2.14. The van der Waals surface area contributed by atoms with Gasteiger partial charge in [0.2, 0.25) is 0 Å². The highest BCUT2D eigenvalue weighted by Crippen LogP contribution is 2.27. The van der Waals surface area contributed by atoms with Crippen LogP contribution in [0.1, 0.15) is 19.5 Å². The lowest BCUT2D eigenvalue weighted by molar-refractivity contribution is 0.627.